The lowest BCUT2D eigenvalue weighted by molar-refractivity contribution is 0.101. The summed E-state index contributed by atoms with van der Waals surface area (Å²) in [4.78, 5) is 11.7. The Labute approximate surface area is 115 Å². The Morgan fingerprint density at radius 2 is 2.05 bits per heavy atom. The third-order valence-electron chi connectivity index (χ3n) is 2.67. The number of aryl methyl sites for hydroxylation is 1. The summed E-state index contributed by atoms with van der Waals surface area (Å²) in [6.45, 7) is 0. The molecule has 0 fully saturated rings. The molecular weight excluding hydrogens is 285 g/mol. The smallest absolute Gasteiger partial charge is 0.272 e. The Balaban J connectivity index is 2.41. The van der Waals surface area contributed by atoms with Gasteiger partial charge in [-0.3, -0.25) is 4.79 Å². The number of hydrogen-bond acceptors (Lipinski definition) is 3. The van der Waals surface area contributed by atoms with Gasteiger partial charge in [0.15, 0.2) is 0 Å². The van der Waals surface area contributed by atoms with Crippen LogP contribution in [-0.4, -0.2) is 18.9 Å². The Bertz CT molecular complexity index is 768. The summed E-state index contributed by atoms with van der Waals surface area (Å²) in [5.41, 5.74) is 0.105. The van der Waals surface area contributed by atoms with Crippen LogP contribution in [-0.2, 0) is 17.1 Å². The topological polar surface area (TPSA) is 94.2 Å². The largest absolute Gasteiger partial charge is 0.347 e. The van der Waals surface area contributed by atoms with E-state index in [0.29, 0.717) is 5.69 Å². The third kappa shape index (κ3) is 2.86. The van der Waals surface area contributed by atoms with Crippen molar-refractivity contribution < 1.29 is 17.6 Å². The predicted molar refractivity (Wildman–Crippen MR) is 71.1 cm³/mol. The van der Waals surface area contributed by atoms with Gasteiger partial charge in [-0.15, -0.1) is 0 Å². The molecule has 0 bridgehead atoms. The molecule has 20 heavy (non-hydrogen) atoms. The van der Waals surface area contributed by atoms with Crippen LogP contribution in [0.15, 0.2) is 41.4 Å². The van der Waals surface area contributed by atoms with Gasteiger partial charge in [-0.25, -0.2) is 17.9 Å². The van der Waals surface area contributed by atoms with Gasteiger partial charge in [0, 0.05) is 13.2 Å². The first-order valence-electron chi connectivity index (χ1n) is 5.54. The normalized spacial score (nSPS) is 11.3. The van der Waals surface area contributed by atoms with Crippen LogP contribution in [0.1, 0.15) is 10.5 Å². The molecule has 1 aromatic carbocycles. The minimum atomic E-state index is -4.06. The number of sulfonamides is 1. The van der Waals surface area contributed by atoms with E-state index >= 15 is 0 Å². The van der Waals surface area contributed by atoms with E-state index in [1.165, 1.54) is 0 Å². The number of amides is 1. The highest BCUT2D eigenvalue weighted by molar-refractivity contribution is 7.89. The Morgan fingerprint density at radius 1 is 1.35 bits per heavy atom. The zero-order chi connectivity index (χ0) is 14.9. The van der Waals surface area contributed by atoms with Crippen molar-refractivity contribution in [3.05, 3.63) is 48.0 Å². The first kappa shape index (κ1) is 14.2. The zero-order valence-corrected chi connectivity index (χ0v) is 11.3. The van der Waals surface area contributed by atoms with Crippen molar-refractivity contribution in [3.63, 3.8) is 0 Å². The van der Waals surface area contributed by atoms with Gasteiger partial charge in [-0.1, -0.05) is 0 Å². The van der Waals surface area contributed by atoms with Crippen LogP contribution in [0.2, 0.25) is 0 Å². The Morgan fingerprint density at radius 3 is 2.60 bits per heavy atom. The summed E-state index contributed by atoms with van der Waals surface area (Å²) in [7, 11) is -2.41. The van der Waals surface area contributed by atoms with Crippen LogP contribution in [0.5, 0.6) is 0 Å². The van der Waals surface area contributed by atoms with Crippen LogP contribution in [0, 0.1) is 5.82 Å². The van der Waals surface area contributed by atoms with Crippen LogP contribution >= 0.6 is 0 Å². The number of nitrogens with one attached hydrogen (secondary N) is 1. The number of anilines is 1. The molecule has 0 aliphatic carbocycles. The highest BCUT2D eigenvalue weighted by Gasteiger charge is 2.18. The summed E-state index contributed by atoms with van der Waals surface area (Å²) in [5.74, 6) is -1.24. The second-order valence-corrected chi connectivity index (χ2v) is 5.67. The number of carbonyl (C=O) groups is 1. The van der Waals surface area contributed by atoms with Crippen molar-refractivity contribution in [1.29, 1.82) is 0 Å². The molecule has 1 heterocycles. The number of benzene rings is 1. The van der Waals surface area contributed by atoms with Crippen molar-refractivity contribution in [2.45, 2.75) is 4.90 Å². The molecule has 0 radical (unpaired) electrons. The monoisotopic (exact) mass is 297 g/mol. The summed E-state index contributed by atoms with van der Waals surface area (Å²) >= 11 is 0. The van der Waals surface area contributed by atoms with E-state index in [2.05, 4.69) is 5.32 Å². The molecular formula is C12H12FN3O3S. The number of primary sulfonamides is 1. The Kier molecular flexibility index (Phi) is 3.60. The summed E-state index contributed by atoms with van der Waals surface area (Å²) in [6.07, 6.45) is 1.65. The molecule has 1 amide bonds. The van der Waals surface area contributed by atoms with Crippen molar-refractivity contribution in [2.24, 2.45) is 12.2 Å². The van der Waals surface area contributed by atoms with Crippen molar-refractivity contribution in [3.8, 4) is 0 Å². The first-order valence-corrected chi connectivity index (χ1v) is 7.08. The highest BCUT2D eigenvalue weighted by Crippen LogP contribution is 2.22. The van der Waals surface area contributed by atoms with Crippen LogP contribution < -0.4 is 10.5 Å². The van der Waals surface area contributed by atoms with E-state index in [-0.39, 0.29) is 10.6 Å². The molecule has 0 spiro atoms. The molecule has 0 atom stereocenters. The quantitative estimate of drug-likeness (QED) is 0.887. The molecule has 1 aromatic heterocycles. The average Bonchev–Trinajstić information content (AvgIpc) is 2.73. The van der Waals surface area contributed by atoms with Crippen LogP contribution in [0.4, 0.5) is 10.1 Å². The third-order valence-corrected chi connectivity index (χ3v) is 3.64. The molecule has 0 aliphatic heterocycles. The van der Waals surface area contributed by atoms with E-state index in [9.17, 15) is 17.6 Å². The van der Waals surface area contributed by atoms with E-state index in [4.69, 9.17) is 5.14 Å². The minimum absolute atomic E-state index is 0.196. The maximum absolute atomic E-state index is 13.2. The maximum Gasteiger partial charge on any atom is 0.272 e. The average molecular weight is 297 g/mol. The van der Waals surface area contributed by atoms with Crippen molar-refractivity contribution in [1.82, 2.24) is 4.57 Å². The molecule has 6 nitrogen and oxygen atoms in total. The molecule has 2 rings (SSSR count). The van der Waals surface area contributed by atoms with Gasteiger partial charge in [0.2, 0.25) is 10.0 Å². The number of halogens is 1. The fourth-order valence-corrected chi connectivity index (χ4v) is 2.41. The van der Waals surface area contributed by atoms with Crippen molar-refractivity contribution >= 4 is 21.6 Å². The lowest BCUT2D eigenvalue weighted by Gasteiger charge is -2.10. The second-order valence-electron chi connectivity index (χ2n) is 4.14. The second kappa shape index (κ2) is 5.06. The van der Waals surface area contributed by atoms with Gasteiger partial charge in [-0.2, -0.15) is 0 Å². The number of nitrogens with zero attached hydrogens (tertiary/aromatic N) is 1. The fraction of sp³-hybridized carbons (Fsp3) is 0.0833. The SMILES string of the molecule is Cn1cccc1C(=O)Nc1cc(F)ccc1S(N)(=O)=O. The van der Waals surface area contributed by atoms with E-state index in [1.807, 2.05) is 0 Å². The van der Waals surface area contributed by atoms with Gasteiger partial charge in [0.1, 0.15) is 16.4 Å². The van der Waals surface area contributed by atoms with Gasteiger partial charge in [0.05, 0.1) is 5.69 Å². The summed E-state index contributed by atoms with van der Waals surface area (Å²) in [5, 5.41) is 7.37. The molecule has 2 aromatic rings. The summed E-state index contributed by atoms with van der Waals surface area (Å²) in [6, 6.07) is 6.07. The number of hydrogen-bond donors (Lipinski definition) is 2. The minimum Gasteiger partial charge on any atom is -0.347 e. The molecule has 0 aliphatic rings. The number of carbonyl (C=O) groups excluding carboxylic acids is 1. The van der Waals surface area contributed by atoms with Gasteiger partial charge in [0.25, 0.3) is 5.91 Å². The number of aromatic nitrogens is 1. The molecule has 0 saturated carbocycles. The van der Waals surface area contributed by atoms with Gasteiger partial charge < -0.3 is 9.88 Å². The lowest BCUT2D eigenvalue weighted by Crippen LogP contribution is -2.20. The van der Waals surface area contributed by atoms with E-state index < -0.39 is 21.7 Å². The van der Waals surface area contributed by atoms with Crippen molar-refractivity contribution in [2.75, 3.05) is 5.32 Å². The van der Waals surface area contributed by atoms with E-state index in [1.54, 1.807) is 29.9 Å². The first-order chi connectivity index (χ1) is 9.29. The lowest BCUT2D eigenvalue weighted by atomic mass is 10.3. The number of rotatable bonds is 3. The zero-order valence-electron chi connectivity index (χ0n) is 10.5. The predicted octanol–water partition coefficient (Wildman–Crippen LogP) is 1.06. The number of nitrogens with two attached hydrogens (primary N) is 1. The molecule has 0 saturated heterocycles. The maximum atomic E-state index is 13.2. The summed E-state index contributed by atoms with van der Waals surface area (Å²) < 4.78 is 37.6. The highest BCUT2D eigenvalue weighted by atomic mass is 32.2. The van der Waals surface area contributed by atoms with Gasteiger partial charge in [-0.05, 0) is 30.3 Å². The van der Waals surface area contributed by atoms with Crippen LogP contribution in [0.3, 0.4) is 0 Å². The van der Waals surface area contributed by atoms with Crippen LogP contribution in [0.25, 0.3) is 0 Å². The Hall–Kier alpha value is -2.19. The molecule has 3 N–H and O–H groups in total. The van der Waals surface area contributed by atoms with E-state index in [0.717, 1.165) is 18.2 Å². The molecule has 106 valence electrons. The standard InChI is InChI=1S/C12H12FN3O3S/c1-16-6-2-3-10(16)12(17)15-9-7-8(13)4-5-11(9)20(14,18)19/h2-7H,1H3,(H,15,17)(H2,14,18,19). The van der Waals surface area contributed by atoms with Gasteiger partial charge >= 0.3 is 0 Å². The molecule has 0 unspecified atom stereocenters. The fourth-order valence-electron chi connectivity index (χ4n) is 1.73. The molecule has 8 heteroatoms.